The number of ether oxygens (including phenoxy) is 2. The van der Waals surface area contributed by atoms with Gasteiger partial charge in [0.2, 0.25) is 5.91 Å². The molecule has 7 nitrogen and oxygen atoms in total. The molecular weight excluding hydrogens is 432 g/mol. The summed E-state index contributed by atoms with van der Waals surface area (Å²) in [6, 6.07) is 8.52. The van der Waals surface area contributed by atoms with Gasteiger partial charge in [-0.2, -0.15) is 0 Å². The number of hydrogen-bond donors (Lipinski definition) is 2. The summed E-state index contributed by atoms with van der Waals surface area (Å²) >= 11 is 0. The lowest BCUT2D eigenvalue weighted by atomic mass is 9.94. The molecule has 0 aromatic heterocycles. The molecule has 1 aromatic carbocycles. The number of aliphatic hydroxyl groups is 1. The molecule has 196 valence electrons. The van der Waals surface area contributed by atoms with E-state index in [0.717, 1.165) is 18.4 Å². The van der Waals surface area contributed by atoms with Crippen molar-refractivity contribution >= 4 is 12.0 Å². The Hall–Kier alpha value is -2.12. The molecule has 0 aliphatic carbocycles. The molecule has 1 aromatic rings. The smallest absolute Gasteiger partial charge is 0.410 e. The average molecular weight is 481 g/mol. The van der Waals surface area contributed by atoms with Gasteiger partial charge < -0.3 is 24.8 Å². The number of hydrogen-bond acceptors (Lipinski definition) is 5. The minimum Gasteiger partial charge on any atom is -0.444 e. The average Bonchev–Trinajstić information content (AvgIpc) is 3.31. The Bertz CT molecular complexity index is 705. The first-order valence-electron chi connectivity index (χ1n) is 12.6. The second-order valence-electron chi connectivity index (χ2n) is 9.03. The zero-order chi connectivity index (χ0) is 26.5. The van der Waals surface area contributed by atoms with Gasteiger partial charge >= 0.3 is 6.09 Å². The van der Waals surface area contributed by atoms with Gasteiger partial charge in [-0.25, -0.2) is 4.79 Å². The fourth-order valence-corrected chi connectivity index (χ4v) is 3.90. The predicted octanol–water partition coefficient (Wildman–Crippen LogP) is 5.33. The van der Waals surface area contributed by atoms with E-state index >= 15 is 0 Å². The van der Waals surface area contributed by atoms with Crippen molar-refractivity contribution < 1.29 is 24.2 Å². The van der Waals surface area contributed by atoms with Crippen LogP contribution in [0.15, 0.2) is 30.3 Å². The van der Waals surface area contributed by atoms with Crippen molar-refractivity contribution in [3.63, 3.8) is 0 Å². The minimum absolute atomic E-state index is 0.222. The summed E-state index contributed by atoms with van der Waals surface area (Å²) in [6.07, 6.45) is -0.0830. The Morgan fingerprint density at radius 1 is 1.09 bits per heavy atom. The molecule has 0 bridgehead atoms. The highest BCUT2D eigenvalue weighted by Gasteiger charge is 2.41. The van der Waals surface area contributed by atoms with Crippen LogP contribution in [0.1, 0.15) is 86.8 Å². The molecule has 5 atom stereocenters. The Labute approximate surface area is 207 Å². The first-order valence-corrected chi connectivity index (χ1v) is 12.6. The zero-order valence-electron chi connectivity index (χ0n) is 22.9. The van der Waals surface area contributed by atoms with Crippen LogP contribution >= 0.6 is 0 Å². The molecule has 2 amide bonds. The first kappa shape index (κ1) is 31.9. The Morgan fingerprint density at radius 3 is 2.15 bits per heavy atom. The van der Waals surface area contributed by atoms with E-state index in [4.69, 9.17) is 9.47 Å². The third-order valence-corrected chi connectivity index (χ3v) is 5.47. The third kappa shape index (κ3) is 9.63. The molecule has 1 aliphatic rings. The molecule has 0 radical (unpaired) electrons. The summed E-state index contributed by atoms with van der Waals surface area (Å²) in [5.74, 6) is -0.728. The van der Waals surface area contributed by atoms with Gasteiger partial charge in [-0.15, -0.1) is 0 Å². The van der Waals surface area contributed by atoms with Crippen LogP contribution in [0.2, 0.25) is 0 Å². The summed E-state index contributed by atoms with van der Waals surface area (Å²) in [4.78, 5) is 27.2. The topological polar surface area (TPSA) is 88.1 Å². The van der Waals surface area contributed by atoms with Gasteiger partial charge in [-0.3, -0.25) is 4.79 Å². The Kier molecular flexibility index (Phi) is 14.7. The SMILES string of the molecule is CC.CC.COC(C(C)C(=O)NC(C)C(O)c1ccccc1)C1CCCN1C(=O)OC(C)(C)C. The molecule has 34 heavy (non-hydrogen) atoms. The third-order valence-electron chi connectivity index (χ3n) is 5.47. The van der Waals surface area contributed by atoms with E-state index in [2.05, 4.69) is 5.32 Å². The number of carbonyl (C=O) groups excluding carboxylic acids is 2. The van der Waals surface area contributed by atoms with Crippen LogP contribution in [0.3, 0.4) is 0 Å². The fourth-order valence-electron chi connectivity index (χ4n) is 3.90. The Balaban J connectivity index is 0.00000258. The first-order chi connectivity index (χ1) is 16.0. The molecule has 1 aliphatic heterocycles. The number of benzene rings is 1. The fraction of sp³-hybridized carbons (Fsp3) is 0.704. The van der Waals surface area contributed by atoms with Gasteiger partial charge in [0.25, 0.3) is 0 Å². The number of nitrogens with zero attached hydrogens (tertiary/aromatic N) is 1. The van der Waals surface area contributed by atoms with Crippen LogP contribution < -0.4 is 5.32 Å². The molecular formula is C27H48N2O5. The maximum Gasteiger partial charge on any atom is 0.410 e. The molecule has 2 rings (SSSR count). The summed E-state index contributed by atoms with van der Waals surface area (Å²) in [6.45, 7) is 17.6. The molecule has 0 saturated carbocycles. The van der Waals surface area contributed by atoms with Crippen LogP contribution in [0, 0.1) is 5.92 Å². The van der Waals surface area contributed by atoms with Crippen LogP contribution in [0.5, 0.6) is 0 Å². The maximum absolute atomic E-state index is 12.9. The van der Waals surface area contributed by atoms with Crippen LogP contribution in [0.25, 0.3) is 0 Å². The summed E-state index contributed by atoms with van der Waals surface area (Å²) < 4.78 is 11.2. The van der Waals surface area contributed by atoms with Crippen molar-refractivity contribution in [1.82, 2.24) is 10.2 Å². The van der Waals surface area contributed by atoms with E-state index in [0.29, 0.717) is 6.54 Å². The number of aliphatic hydroxyl groups excluding tert-OH is 1. The highest BCUT2D eigenvalue weighted by atomic mass is 16.6. The lowest BCUT2D eigenvalue weighted by Crippen LogP contribution is -2.51. The summed E-state index contributed by atoms with van der Waals surface area (Å²) in [7, 11) is 1.56. The second kappa shape index (κ2) is 15.7. The van der Waals surface area contributed by atoms with Gasteiger partial charge in [0.05, 0.1) is 30.2 Å². The highest BCUT2D eigenvalue weighted by molar-refractivity contribution is 5.79. The molecule has 1 fully saturated rings. The number of carbonyl (C=O) groups is 2. The van der Waals surface area contributed by atoms with Gasteiger partial charge in [-0.1, -0.05) is 65.0 Å². The van der Waals surface area contributed by atoms with Crippen LogP contribution in [-0.2, 0) is 14.3 Å². The normalized spacial score (nSPS) is 18.8. The van der Waals surface area contributed by atoms with Crippen molar-refractivity contribution in [3.8, 4) is 0 Å². The van der Waals surface area contributed by atoms with Crippen LogP contribution in [0.4, 0.5) is 4.79 Å². The van der Waals surface area contributed by atoms with E-state index in [1.165, 1.54) is 0 Å². The van der Waals surface area contributed by atoms with Crippen molar-refractivity contribution in [1.29, 1.82) is 0 Å². The molecule has 1 heterocycles. The molecule has 5 unspecified atom stereocenters. The van der Waals surface area contributed by atoms with Gasteiger partial charge in [0, 0.05) is 13.7 Å². The monoisotopic (exact) mass is 480 g/mol. The lowest BCUT2D eigenvalue weighted by Gasteiger charge is -2.35. The number of likely N-dealkylation sites (tertiary alicyclic amines) is 1. The Morgan fingerprint density at radius 2 is 1.65 bits per heavy atom. The van der Waals surface area contributed by atoms with Gasteiger partial charge in [0.1, 0.15) is 5.60 Å². The molecule has 0 spiro atoms. The van der Waals surface area contributed by atoms with Crippen molar-refractivity contribution in [2.45, 2.75) is 105 Å². The van der Waals surface area contributed by atoms with E-state index in [-0.39, 0.29) is 18.0 Å². The number of methoxy groups -OCH3 is 1. The molecule has 1 saturated heterocycles. The zero-order valence-corrected chi connectivity index (χ0v) is 22.9. The largest absolute Gasteiger partial charge is 0.444 e. The van der Waals surface area contributed by atoms with Crippen molar-refractivity contribution in [2.75, 3.05) is 13.7 Å². The number of nitrogens with one attached hydrogen (secondary N) is 1. The van der Waals surface area contributed by atoms with E-state index in [9.17, 15) is 14.7 Å². The highest BCUT2D eigenvalue weighted by Crippen LogP contribution is 2.28. The minimum atomic E-state index is -0.812. The number of rotatable bonds is 7. The van der Waals surface area contributed by atoms with E-state index in [1.807, 2.05) is 78.8 Å². The summed E-state index contributed by atoms with van der Waals surface area (Å²) in [5, 5.41) is 13.4. The van der Waals surface area contributed by atoms with Crippen molar-refractivity contribution in [3.05, 3.63) is 35.9 Å². The maximum atomic E-state index is 12.9. The van der Waals surface area contributed by atoms with Crippen molar-refractivity contribution in [2.24, 2.45) is 5.92 Å². The van der Waals surface area contributed by atoms with Crippen LogP contribution in [-0.4, -0.2) is 59.5 Å². The standard InChI is InChI=1S/C23H36N2O5.2C2H6/c1-15(21(27)24-16(2)19(26)17-11-8-7-9-12-17)20(29-6)18-13-10-14-25(18)22(28)30-23(3,4)5;2*1-2/h7-9,11-12,15-16,18-20,26H,10,13-14H2,1-6H3,(H,24,27);2*1-2H3. The summed E-state index contributed by atoms with van der Waals surface area (Å²) in [5.41, 5.74) is 0.159. The quantitative estimate of drug-likeness (QED) is 0.551. The number of amides is 2. The van der Waals surface area contributed by atoms with E-state index in [1.54, 1.807) is 25.9 Å². The van der Waals surface area contributed by atoms with E-state index < -0.39 is 29.8 Å². The molecule has 7 heteroatoms. The predicted molar refractivity (Wildman–Crippen MR) is 138 cm³/mol. The van der Waals surface area contributed by atoms with Gasteiger partial charge in [0.15, 0.2) is 0 Å². The molecule has 2 N–H and O–H groups in total. The lowest BCUT2D eigenvalue weighted by molar-refractivity contribution is -0.132. The van der Waals surface area contributed by atoms with Gasteiger partial charge in [-0.05, 0) is 46.1 Å². The second-order valence-corrected chi connectivity index (χ2v) is 9.03.